The summed E-state index contributed by atoms with van der Waals surface area (Å²) in [6.45, 7) is 1.64. The van der Waals surface area contributed by atoms with Crippen LogP contribution in [0.5, 0.6) is 0 Å². The Bertz CT molecular complexity index is 586. The Morgan fingerprint density at radius 2 is 2.11 bits per heavy atom. The maximum Gasteiger partial charge on any atom is 0.303 e. The first-order valence-electron chi connectivity index (χ1n) is 6.04. The number of aromatic nitrogens is 1. The van der Waals surface area contributed by atoms with Crippen LogP contribution in [0.25, 0.3) is 10.9 Å². The number of rotatable bonds is 3. The third kappa shape index (κ3) is 1.90. The van der Waals surface area contributed by atoms with E-state index in [-0.39, 0.29) is 12.3 Å². The normalized spacial score (nSPS) is 15.7. The van der Waals surface area contributed by atoms with Crippen LogP contribution in [-0.4, -0.2) is 29.1 Å². The highest BCUT2D eigenvalue weighted by molar-refractivity contribution is 5.91. The lowest BCUT2D eigenvalue weighted by molar-refractivity contribution is -0.138. The van der Waals surface area contributed by atoms with E-state index in [1.807, 2.05) is 30.5 Å². The molecule has 1 N–H and O–H groups in total. The highest BCUT2D eigenvalue weighted by Gasteiger charge is 2.29. The highest BCUT2D eigenvalue weighted by atomic mass is 16.4. The number of aliphatic carboxylic acids is 1. The zero-order valence-corrected chi connectivity index (χ0v) is 9.91. The molecule has 0 aliphatic carbocycles. The summed E-state index contributed by atoms with van der Waals surface area (Å²) < 4.78 is 0. The lowest BCUT2D eigenvalue weighted by atomic mass is 9.95. The molecule has 2 heterocycles. The van der Waals surface area contributed by atoms with Crippen LogP contribution in [0.1, 0.15) is 6.42 Å². The summed E-state index contributed by atoms with van der Waals surface area (Å²) in [5.41, 5.74) is 2.14. The van der Waals surface area contributed by atoms with E-state index in [0.717, 1.165) is 29.7 Å². The number of nitrogens with zero attached hydrogens (tertiary/aromatic N) is 2. The van der Waals surface area contributed by atoms with Crippen LogP contribution < -0.4 is 4.90 Å². The van der Waals surface area contributed by atoms with Gasteiger partial charge in [-0.15, -0.1) is 0 Å². The van der Waals surface area contributed by atoms with Gasteiger partial charge in [0.25, 0.3) is 0 Å². The van der Waals surface area contributed by atoms with Gasteiger partial charge in [0.1, 0.15) is 0 Å². The molecule has 4 heteroatoms. The third-order valence-corrected chi connectivity index (χ3v) is 3.39. The molecule has 0 amide bonds. The summed E-state index contributed by atoms with van der Waals surface area (Å²) >= 11 is 0. The van der Waals surface area contributed by atoms with Crippen molar-refractivity contribution in [2.24, 2.45) is 5.92 Å². The molecule has 0 radical (unpaired) electrons. The molecule has 2 aromatic rings. The van der Waals surface area contributed by atoms with E-state index < -0.39 is 5.97 Å². The lowest BCUT2D eigenvalue weighted by Gasteiger charge is -2.40. The smallest absolute Gasteiger partial charge is 0.303 e. The molecule has 1 aliphatic heterocycles. The van der Waals surface area contributed by atoms with Gasteiger partial charge in [-0.25, -0.2) is 0 Å². The minimum Gasteiger partial charge on any atom is -0.481 e. The highest BCUT2D eigenvalue weighted by Crippen LogP contribution is 2.31. The van der Waals surface area contributed by atoms with Crippen molar-refractivity contribution in [2.45, 2.75) is 6.42 Å². The van der Waals surface area contributed by atoms with E-state index in [2.05, 4.69) is 16.0 Å². The molecular weight excluding hydrogens is 228 g/mol. The van der Waals surface area contributed by atoms with E-state index >= 15 is 0 Å². The van der Waals surface area contributed by atoms with Crippen LogP contribution in [0.15, 0.2) is 36.5 Å². The second-order valence-corrected chi connectivity index (χ2v) is 4.72. The number of pyridine rings is 1. The number of carbonyl (C=O) groups is 1. The maximum absolute atomic E-state index is 10.6. The number of carboxylic acid groups (broad SMARTS) is 1. The zero-order chi connectivity index (χ0) is 12.5. The van der Waals surface area contributed by atoms with Crippen molar-refractivity contribution < 1.29 is 9.90 Å². The number of benzene rings is 1. The zero-order valence-electron chi connectivity index (χ0n) is 9.91. The average molecular weight is 242 g/mol. The molecule has 18 heavy (non-hydrogen) atoms. The maximum atomic E-state index is 10.6. The monoisotopic (exact) mass is 242 g/mol. The third-order valence-electron chi connectivity index (χ3n) is 3.39. The Labute approximate surface area is 105 Å². The van der Waals surface area contributed by atoms with E-state index in [1.54, 1.807) is 0 Å². The van der Waals surface area contributed by atoms with Gasteiger partial charge in [-0.2, -0.15) is 0 Å². The van der Waals surface area contributed by atoms with Gasteiger partial charge in [0.2, 0.25) is 0 Å². The molecule has 1 aromatic heterocycles. The molecule has 1 fully saturated rings. The number of para-hydroxylation sites is 1. The van der Waals surface area contributed by atoms with Crippen molar-refractivity contribution in [1.29, 1.82) is 0 Å². The first kappa shape index (κ1) is 11.0. The second kappa shape index (κ2) is 4.29. The first-order chi connectivity index (χ1) is 8.74. The van der Waals surface area contributed by atoms with Gasteiger partial charge in [-0.3, -0.25) is 9.78 Å². The Hall–Kier alpha value is -2.10. The largest absolute Gasteiger partial charge is 0.481 e. The van der Waals surface area contributed by atoms with Gasteiger partial charge in [-0.05, 0) is 12.1 Å². The first-order valence-corrected chi connectivity index (χ1v) is 6.04. The fraction of sp³-hybridized carbons (Fsp3) is 0.286. The number of carboxylic acids is 1. The molecular formula is C14H14N2O2. The van der Waals surface area contributed by atoms with E-state index in [9.17, 15) is 4.79 Å². The van der Waals surface area contributed by atoms with E-state index in [0.29, 0.717) is 0 Å². The predicted molar refractivity (Wildman–Crippen MR) is 69.7 cm³/mol. The van der Waals surface area contributed by atoms with Crippen molar-refractivity contribution in [3.63, 3.8) is 0 Å². The SMILES string of the molecule is O=C(O)CC1CN(c2ccnc3ccccc23)C1. The van der Waals surface area contributed by atoms with Crippen LogP contribution in [-0.2, 0) is 4.79 Å². The van der Waals surface area contributed by atoms with E-state index in [4.69, 9.17) is 5.11 Å². The van der Waals surface area contributed by atoms with Crippen LogP contribution in [0, 0.1) is 5.92 Å². The van der Waals surface area contributed by atoms with Gasteiger partial charge in [0.05, 0.1) is 11.9 Å². The minimum atomic E-state index is -0.709. The molecule has 4 nitrogen and oxygen atoms in total. The Morgan fingerprint density at radius 1 is 1.33 bits per heavy atom. The summed E-state index contributed by atoms with van der Waals surface area (Å²) in [5, 5.41) is 9.88. The number of fused-ring (bicyclic) bond motifs is 1. The summed E-state index contributed by atoms with van der Waals surface area (Å²) in [6.07, 6.45) is 2.07. The lowest BCUT2D eigenvalue weighted by Crippen LogP contribution is -2.47. The van der Waals surface area contributed by atoms with Gasteiger partial charge in [0.15, 0.2) is 0 Å². The van der Waals surface area contributed by atoms with Gasteiger partial charge in [0, 0.05) is 36.3 Å². The minimum absolute atomic E-state index is 0.263. The molecule has 92 valence electrons. The average Bonchev–Trinajstić information content (AvgIpc) is 2.32. The van der Waals surface area contributed by atoms with Crippen LogP contribution in [0.2, 0.25) is 0 Å². The molecule has 1 aromatic carbocycles. The van der Waals surface area contributed by atoms with Crippen molar-refractivity contribution in [3.8, 4) is 0 Å². The Morgan fingerprint density at radius 3 is 2.89 bits per heavy atom. The molecule has 1 saturated heterocycles. The topological polar surface area (TPSA) is 53.4 Å². The molecule has 1 aliphatic rings. The summed E-state index contributed by atoms with van der Waals surface area (Å²) in [4.78, 5) is 17.2. The summed E-state index contributed by atoms with van der Waals surface area (Å²) in [6, 6.07) is 10.0. The fourth-order valence-electron chi connectivity index (χ4n) is 2.50. The Balaban J connectivity index is 1.82. The molecule has 0 atom stereocenters. The standard InChI is InChI=1S/C14H14N2O2/c17-14(18)7-10-8-16(9-10)13-5-6-15-12-4-2-1-3-11(12)13/h1-6,10H,7-9H2,(H,17,18). The molecule has 0 spiro atoms. The van der Waals surface area contributed by atoms with Gasteiger partial charge in [-0.1, -0.05) is 18.2 Å². The second-order valence-electron chi connectivity index (χ2n) is 4.72. The van der Waals surface area contributed by atoms with Crippen LogP contribution >= 0.6 is 0 Å². The predicted octanol–water partition coefficient (Wildman–Crippen LogP) is 2.15. The molecule has 0 unspecified atom stereocenters. The van der Waals surface area contributed by atoms with Crippen molar-refractivity contribution in [1.82, 2.24) is 4.98 Å². The Kier molecular flexibility index (Phi) is 2.63. The number of hydrogen-bond acceptors (Lipinski definition) is 3. The van der Waals surface area contributed by atoms with Crippen LogP contribution in [0.4, 0.5) is 5.69 Å². The van der Waals surface area contributed by atoms with Crippen molar-refractivity contribution >= 4 is 22.6 Å². The van der Waals surface area contributed by atoms with Crippen molar-refractivity contribution in [2.75, 3.05) is 18.0 Å². The number of hydrogen-bond donors (Lipinski definition) is 1. The molecule has 0 bridgehead atoms. The number of anilines is 1. The van der Waals surface area contributed by atoms with E-state index in [1.165, 1.54) is 0 Å². The van der Waals surface area contributed by atoms with Gasteiger partial charge < -0.3 is 10.0 Å². The van der Waals surface area contributed by atoms with Crippen LogP contribution in [0.3, 0.4) is 0 Å². The van der Waals surface area contributed by atoms with Crippen molar-refractivity contribution in [3.05, 3.63) is 36.5 Å². The molecule has 3 rings (SSSR count). The molecule has 0 saturated carbocycles. The summed E-state index contributed by atoms with van der Waals surface area (Å²) in [5.74, 6) is -0.436. The quantitative estimate of drug-likeness (QED) is 0.896. The van der Waals surface area contributed by atoms with Gasteiger partial charge >= 0.3 is 5.97 Å². The fourth-order valence-corrected chi connectivity index (χ4v) is 2.50. The summed E-state index contributed by atoms with van der Waals surface area (Å²) in [7, 11) is 0.